The smallest absolute Gasteiger partial charge is 0.253 e. The second-order valence-electron chi connectivity index (χ2n) is 5.48. The Kier molecular flexibility index (Phi) is 5.24. The summed E-state index contributed by atoms with van der Waals surface area (Å²) in [5.74, 6) is 0.731. The lowest BCUT2D eigenvalue weighted by Gasteiger charge is -2.30. The molecule has 1 amide bonds. The van der Waals surface area contributed by atoms with Gasteiger partial charge in [-0.3, -0.25) is 4.79 Å². The zero-order chi connectivity index (χ0) is 14.5. The van der Waals surface area contributed by atoms with E-state index in [-0.39, 0.29) is 17.8 Å². The van der Waals surface area contributed by atoms with Crippen LogP contribution in [0.25, 0.3) is 0 Å². The normalized spacial score (nSPS) is 17.7. The first-order valence-corrected chi connectivity index (χ1v) is 7.71. The van der Waals surface area contributed by atoms with Crippen LogP contribution >= 0.6 is 11.6 Å². The summed E-state index contributed by atoms with van der Waals surface area (Å²) in [5.41, 5.74) is 6.03. The first kappa shape index (κ1) is 15.1. The number of nitrogens with two attached hydrogens (primary N) is 1. The van der Waals surface area contributed by atoms with Crippen LogP contribution < -0.4 is 11.1 Å². The molecule has 20 heavy (non-hydrogen) atoms. The van der Waals surface area contributed by atoms with Gasteiger partial charge in [-0.1, -0.05) is 37.8 Å². The zero-order valence-electron chi connectivity index (χ0n) is 11.9. The van der Waals surface area contributed by atoms with Crippen molar-refractivity contribution >= 4 is 23.3 Å². The van der Waals surface area contributed by atoms with Crippen LogP contribution in [0.5, 0.6) is 0 Å². The molecule has 0 spiro atoms. The van der Waals surface area contributed by atoms with Crippen molar-refractivity contribution in [3.8, 4) is 0 Å². The molecular formula is C15H22ClN3O. The lowest BCUT2D eigenvalue weighted by Crippen LogP contribution is -2.40. The number of nitrogens with zero attached hydrogens (tertiary/aromatic N) is 1. The lowest BCUT2D eigenvalue weighted by molar-refractivity contribution is 0.0911. The van der Waals surface area contributed by atoms with Gasteiger partial charge in [0, 0.05) is 12.2 Å². The lowest BCUT2D eigenvalue weighted by atomic mass is 9.83. The number of pyridine rings is 1. The second kappa shape index (κ2) is 6.93. The number of halogens is 1. The van der Waals surface area contributed by atoms with Crippen molar-refractivity contribution in [1.82, 2.24) is 10.3 Å². The largest absolute Gasteiger partial charge is 0.382 e. The number of amides is 1. The molecule has 3 N–H and O–H groups in total. The summed E-state index contributed by atoms with van der Waals surface area (Å²) in [7, 11) is 0. The van der Waals surface area contributed by atoms with Gasteiger partial charge in [-0.25, -0.2) is 4.98 Å². The fourth-order valence-electron chi connectivity index (χ4n) is 2.91. The van der Waals surface area contributed by atoms with Crippen molar-refractivity contribution in [2.75, 3.05) is 5.73 Å². The van der Waals surface area contributed by atoms with Crippen LogP contribution in [0.4, 0.5) is 5.82 Å². The van der Waals surface area contributed by atoms with E-state index in [4.69, 9.17) is 17.3 Å². The number of aromatic nitrogens is 1. The van der Waals surface area contributed by atoms with Gasteiger partial charge in [0.2, 0.25) is 0 Å². The van der Waals surface area contributed by atoms with Crippen LogP contribution in [-0.4, -0.2) is 16.9 Å². The molecule has 1 atom stereocenters. The van der Waals surface area contributed by atoms with Crippen LogP contribution in [0.15, 0.2) is 12.3 Å². The van der Waals surface area contributed by atoms with E-state index < -0.39 is 0 Å². The van der Waals surface area contributed by atoms with Gasteiger partial charge in [0.15, 0.2) is 0 Å². The maximum atomic E-state index is 12.3. The third kappa shape index (κ3) is 3.63. The molecule has 0 radical (unpaired) electrons. The molecule has 1 unspecified atom stereocenters. The molecule has 1 aromatic rings. The predicted octanol–water partition coefficient (Wildman–Crippen LogP) is 3.41. The summed E-state index contributed by atoms with van der Waals surface area (Å²) < 4.78 is 0. The quantitative estimate of drug-likeness (QED) is 0.894. The number of nitrogen functional groups attached to an aromatic ring is 1. The fraction of sp³-hybridized carbons (Fsp3) is 0.600. The molecule has 1 aromatic heterocycles. The first-order valence-electron chi connectivity index (χ1n) is 7.33. The molecule has 1 saturated carbocycles. The fourth-order valence-corrected chi connectivity index (χ4v) is 3.08. The molecule has 1 aliphatic rings. The van der Waals surface area contributed by atoms with E-state index in [2.05, 4.69) is 17.2 Å². The summed E-state index contributed by atoms with van der Waals surface area (Å²) in [6, 6.07) is 1.81. The Morgan fingerprint density at radius 1 is 1.50 bits per heavy atom. The molecule has 5 heteroatoms. The van der Waals surface area contributed by atoms with Gasteiger partial charge in [-0.15, -0.1) is 0 Å². The van der Waals surface area contributed by atoms with E-state index in [1.165, 1.54) is 38.3 Å². The maximum Gasteiger partial charge on any atom is 0.253 e. The van der Waals surface area contributed by atoms with E-state index in [0.717, 1.165) is 6.42 Å². The highest BCUT2D eigenvalue weighted by molar-refractivity contribution is 6.33. The number of carbonyl (C=O) groups is 1. The van der Waals surface area contributed by atoms with Gasteiger partial charge >= 0.3 is 0 Å². The number of anilines is 1. The third-order valence-electron chi connectivity index (χ3n) is 4.11. The van der Waals surface area contributed by atoms with Crippen molar-refractivity contribution in [2.24, 2.45) is 5.92 Å². The standard InChI is InChI=1S/C15H22ClN3O/c1-2-13(10-6-4-3-5-7-10)19-15(20)11-8-12(16)14(17)18-9-11/h8-10,13H,2-7H2,1H3,(H2,17,18)(H,19,20). The van der Waals surface area contributed by atoms with Crippen LogP contribution in [0, 0.1) is 5.92 Å². The Bertz CT molecular complexity index is 472. The van der Waals surface area contributed by atoms with Gasteiger partial charge < -0.3 is 11.1 Å². The Morgan fingerprint density at radius 2 is 2.20 bits per heavy atom. The highest BCUT2D eigenvalue weighted by Gasteiger charge is 2.24. The molecule has 1 aliphatic carbocycles. The number of rotatable bonds is 4. The zero-order valence-corrected chi connectivity index (χ0v) is 12.6. The Hall–Kier alpha value is -1.29. The predicted molar refractivity (Wildman–Crippen MR) is 81.8 cm³/mol. The van der Waals surface area contributed by atoms with E-state index >= 15 is 0 Å². The van der Waals surface area contributed by atoms with Gasteiger partial charge in [0.25, 0.3) is 5.91 Å². The Morgan fingerprint density at radius 3 is 2.80 bits per heavy atom. The van der Waals surface area contributed by atoms with Gasteiger partial charge in [0.1, 0.15) is 5.82 Å². The van der Waals surface area contributed by atoms with Crippen LogP contribution in [0.2, 0.25) is 5.02 Å². The number of nitrogens with one attached hydrogen (secondary N) is 1. The SMILES string of the molecule is CCC(NC(=O)c1cnc(N)c(Cl)c1)C1CCCCC1. The van der Waals surface area contributed by atoms with Crippen molar-refractivity contribution in [2.45, 2.75) is 51.5 Å². The van der Waals surface area contributed by atoms with Crippen LogP contribution in [0.3, 0.4) is 0 Å². The molecule has 1 fully saturated rings. The van der Waals surface area contributed by atoms with E-state index in [1.807, 2.05) is 0 Å². The molecule has 0 bridgehead atoms. The van der Waals surface area contributed by atoms with Crippen LogP contribution in [0.1, 0.15) is 55.8 Å². The number of hydrogen-bond acceptors (Lipinski definition) is 3. The van der Waals surface area contributed by atoms with Gasteiger partial charge in [0.05, 0.1) is 10.6 Å². The molecule has 4 nitrogen and oxygen atoms in total. The highest BCUT2D eigenvalue weighted by atomic mass is 35.5. The summed E-state index contributed by atoms with van der Waals surface area (Å²) >= 11 is 5.91. The average Bonchev–Trinajstić information content (AvgIpc) is 2.48. The Balaban J connectivity index is 2.02. The van der Waals surface area contributed by atoms with Crippen LogP contribution in [-0.2, 0) is 0 Å². The molecule has 0 aliphatic heterocycles. The monoisotopic (exact) mass is 295 g/mol. The number of carbonyl (C=O) groups excluding carboxylic acids is 1. The van der Waals surface area contributed by atoms with Crippen molar-refractivity contribution < 1.29 is 4.79 Å². The topological polar surface area (TPSA) is 68.0 Å². The summed E-state index contributed by atoms with van der Waals surface area (Å²) in [6.07, 6.45) is 8.70. The number of hydrogen-bond donors (Lipinski definition) is 2. The summed E-state index contributed by atoms with van der Waals surface area (Å²) in [6.45, 7) is 2.12. The van der Waals surface area contributed by atoms with Crippen molar-refractivity contribution in [3.63, 3.8) is 0 Å². The van der Waals surface area contributed by atoms with Crippen molar-refractivity contribution in [1.29, 1.82) is 0 Å². The van der Waals surface area contributed by atoms with E-state index in [0.29, 0.717) is 16.5 Å². The third-order valence-corrected chi connectivity index (χ3v) is 4.41. The van der Waals surface area contributed by atoms with Gasteiger partial charge in [-0.05, 0) is 31.2 Å². The Labute approximate surface area is 125 Å². The minimum Gasteiger partial charge on any atom is -0.382 e. The average molecular weight is 296 g/mol. The maximum absolute atomic E-state index is 12.3. The second-order valence-corrected chi connectivity index (χ2v) is 5.88. The highest BCUT2D eigenvalue weighted by Crippen LogP contribution is 2.28. The molecule has 0 saturated heterocycles. The molecule has 0 aromatic carbocycles. The first-order chi connectivity index (χ1) is 9.61. The minimum atomic E-state index is -0.114. The van der Waals surface area contributed by atoms with E-state index in [9.17, 15) is 4.79 Å². The van der Waals surface area contributed by atoms with Crippen molar-refractivity contribution in [3.05, 3.63) is 22.8 Å². The summed E-state index contributed by atoms with van der Waals surface area (Å²) in [5, 5.41) is 3.44. The van der Waals surface area contributed by atoms with Gasteiger partial charge in [-0.2, -0.15) is 0 Å². The van der Waals surface area contributed by atoms with E-state index in [1.54, 1.807) is 6.07 Å². The molecule has 1 heterocycles. The molecule has 2 rings (SSSR count). The molecular weight excluding hydrogens is 274 g/mol. The summed E-state index contributed by atoms with van der Waals surface area (Å²) in [4.78, 5) is 16.2. The molecule has 110 valence electrons. The minimum absolute atomic E-state index is 0.114.